The standard InChI is InChI=1S/C26H28BrClO11S/c1-12(29)35-11-19-23(36-13(2)30)24(37-14(3)31)25(38-15(4)32)26(34-5,39-19)16-6-7-18(28)17(10-16)22(33)20-8-9-21(27)40-20/h6-10,19,22-25,33H,11H2,1-5H3/t19?,22?,23-,24?,25-,26?/m1/s1. The third-order valence-corrected chi connectivity index (χ3v) is 7.92. The molecule has 0 bridgehead atoms. The minimum absolute atomic E-state index is 0.210. The highest BCUT2D eigenvalue weighted by Crippen LogP contribution is 2.45. The van der Waals surface area contributed by atoms with Gasteiger partial charge in [-0.1, -0.05) is 17.7 Å². The Morgan fingerprint density at radius 3 is 2.15 bits per heavy atom. The highest BCUT2D eigenvalue weighted by Gasteiger charge is 2.61. The van der Waals surface area contributed by atoms with Crippen molar-refractivity contribution in [2.45, 2.75) is 64.0 Å². The molecule has 40 heavy (non-hydrogen) atoms. The summed E-state index contributed by atoms with van der Waals surface area (Å²) >= 11 is 11.1. The smallest absolute Gasteiger partial charge is 0.303 e. The van der Waals surface area contributed by atoms with E-state index in [0.717, 1.165) is 24.6 Å². The lowest BCUT2D eigenvalue weighted by Crippen LogP contribution is -2.67. The molecular weight excluding hydrogens is 636 g/mol. The average Bonchev–Trinajstić information content (AvgIpc) is 3.31. The monoisotopic (exact) mass is 662 g/mol. The molecule has 1 N–H and O–H groups in total. The number of aliphatic hydroxyl groups excluding tert-OH is 1. The fourth-order valence-corrected chi connectivity index (χ4v) is 6.03. The topological polar surface area (TPSA) is 144 Å². The molecule has 0 saturated carbocycles. The van der Waals surface area contributed by atoms with Crippen LogP contribution in [0.4, 0.5) is 0 Å². The van der Waals surface area contributed by atoms with E-state index in [9.17, 15) is 24.3 Å². The maximum Gasteiger partial charge on any atom is 0.303 e. The second-order valence-corrected chi connectivity index (χ2v) is 11.7. The molecule has 4 unspecified atom stereocenters. The minimum Gasteiger partial charge on any atom is -0.463 e. The van der Waals surface area contributed by atoms with E-state index in [4.69, 9.17) is 40.0 Å². The number of benzene rings is 1. The lowest BCUT2D eigenvalue weighted by Gasteiger charge is -2.50. The lowest BCUT2D eigenvalue weighted by atomic mass is 9.86. The molecule has 218 valence electrons. The van der Waals surface area contributed by atoms with Crippen molar-refractivity contribution in [2.75, 3.05) is 13.7 Å². The fraction of sp³-hybridized carbons (Fsp3) is 0.462. The largest absolute Gasteiger partial charge is 0.463 e. The predicted molar refractivity (Wildman–Crippen MR) is 144 cm³/mol. The fourth-order valence-electron chi connectivity index (χ4n) is 4.38. The van der Waals surface area contributed by atoms with E-state index in [1.807, 2.05) is 0 Å². The Morgan fingerprint density at radius 2 is 1.62 bits per heavy atom. The molecule has 0 spiro atoms. The van der Waals surface area contributed by atoms with Gasteiger partial charge in [0, 0.05) is 55.8 Å². The summed E-state index contributed by atoms with van der Waals surface area (Å²) in [5, 5.41) is 11.4. The van der Waals surface area contributed by atoms with Gasteiger partial charge in [-0.25, -0.2) is 0 Å². The zero-order valence-electron chi connectivity index (χ0n) is 22.2. The van der Waals surface area contributed by atoms with Gasteiger partial charge in [0.2, 0.25) is 11.9 Å². The highest BCUT2D eigenvalue weighted by molar-refractivity contribution is 9.11. The second-order valence-electron chi connectivity index (χ2n) is 8.79. The van der Waals surface area contributed by atoms with Crippen LogP contribution in [0.5, 0.6) is 0 Å². The normalized spacial score (nSPS) is 25.0. The number of carbonyl (C=O) groups excluding carboxylic acids is 4. The molecule has 1 aromatic carbocycles. The molecule has 3 rings (SSSR count). The summed E-state index contributed by atoms with van der Waals surface area (Å²) in [6.07, 6.45) is -6.76. The Morgan fingerprint density at radius 1 is 1.00 bits per heavy atom. The van der Waals surface area contributed by atoms with Crippen molar-refractivity contribution in [2.24, 2.45) is 0 Å². The maximum absolute atomic E-state index is 12.3. The Hall–Kier alpha value is -2.55. The van der Waals surface area contributed by atoms with Gasteiger partial charge in [0.1, 0.15) is 18.8 Å². The van der Waals surface area contributed by atoms with Crippen LogP contribution in [0.25, 0.3) is 0 Å². The number of ether oxygens (including phenoxy) is 6. The Balaban J connectivity index is 2.23. The van der Waals surface area contributed by atoms with Crippen LogP contribution in [0.2, 0.25) is 5.02 Å². The zero-order chi connectivity index (χ0) is 29.8. The molecule has 1 aliphatic rings. The molecule has 0 amide bonds. The van der Waals surface area contributed by atoms with E-state index in [1.54, 1.807) is 12.1 Å². The molecular formula is C26H28BrClO11S. The van der Waals surface area contributed by atoms with E-state index in [2.05, 4.69) is 15.9 Å². The van der Waals surface area contributed by atoms with Gasteiger partial charge in [0.25, 0.3) is 0 Å². The van der Waals surface area contributed by atoms with Crippen molar-refractivity contribution in [3.8, 4) is 0 Å². The molecule has 1 aromatic heterocycles. The van der Waals surface area contributed by atoms with Crippen LogP contribution in [0.3, 0.4) is 0 Å². The van der Waals surface area contributed by atoms with Crippen molar-refractivity contribution >= 4 is 62.7 Å². The summed E-state index contributed by atoms with van der Waals surface area (Å²) < 4.78 is 34.7. The summed E-state index contributed by atoms with van der Waals surface area (Å²) in [7, 11) is 1.26. The number of thiophene rings is 1. The number of halogens is 2. The number of hydrogen-bond donors (Lipinski definition) is 1. The number of esters is 4. The molecule has 1 aliphatic heterocycles. The molecule has 11 nitrogen and oxygen atoms in total. The van der Waals surface area contributed by atoms with Gasteiger partial charge in [-0.3, -0.25) is 19.2 Å². The first kappa shape index (κ1) is 32.0. The number of aliphatic hydroxyl groups is 1. The minimum atomic E-state index is -2.01. The molecule has 1 fully saturated rings. The average molecular weight is 664 g/mol. The van der Waals surface area contributed by atoms with Crippen LogP contribution in [0, 0.1) is 0 Å². The van der Waals surface area contributed by atoms with Crippen LogP contribution >= 0.6 is 38.9 Å². The van der Waals surface area contributed by atoms with E-state index < -0.39 is 66.8 Å². The Bertz CT molecular complexity index is 1270. The zero-order valence-corrected chi connectivity index (χ0v) is 25.3. The van der Waals surface area contributed by atoms with Crippen molar-refractivity contribution in [1.29, 1.82) is 0 Å². The first-order chi connectivity index (χ1) is 18.8. The molecule has 1 saturated heterocycles. The summed E-state index contributed by atoms with van der Waals surface area (Å²) in [4.78, 5) is 48.8. The summed E-state index contributed by atoms with van der Waals surface area (Å²) in [5.41, 5.74) is 0.486. The van der Waals surface area contributed by atoms with Gasteiger partial charge in [-0.2, -0.15) is 0 Å². The highest BCUT2D eigenvalue weighted by atomic mass is 79.9. The van der Waals surface area contributed by atoms with Crippen LogP contribution in [-0.4, -0.2) is 67.1 Å². The molecule has 0 aliphatic carbocycles. The lowest BCUT2D eigenvalue weighted by molar-refractivity contribution is -0.367. The molecule has 14 heteroatoms. The van der Waals surface area contributed by atoms with E-state index in [-0.39, 0.29) is 16.1 Å². The van der Waals surface area contributed by atoms with Crippen molar-refractivity contribution in [1.82, 2.24) is 0 Å². The van der Waals surface area contributed by atoms with Gasteiger partial charge in [0.05, 0.1) is 3.79 Å². The summed E-state index contributed by atoms with van der Waals surface area (Å²) in [5.74, 6) is -5.00. The number of carbonyl (C=O) groups is 4. The summed E-state index contributed by atoms with van der Waals surface area (Å²) in [6, 6.07) is 8.01. The van der Waals surface area contributed by atoms with Crippen LogP contribution in [0.1, 0.15) is 49.8 Å². The number of methoxy groups -OCH3 is 1. The Labute approximate surface area is 247 Å². The van der Waals surface area contributed by atoms with Crippen LogP contribution < -0.4 is 0 Å². The van der Waals surface area contributed by atoms with E-state index in [0.29, 0.717) is 4.88 Å². The SMILES string of the molecule is COC1(c2ccc(Cl)c(C(O)c3ccc(Br)s3)c2)OC(COC(C)=O)[C@@H](OC(C)=O)C(OC(C)=O)[C@H]1OC(C)=O. The molecule has 6 atom stereocenters. The Kier molecular flexibility index (Phi) is 10.7. The summed E-state index contributed by atoms with van der Waals surface area (Å²) in [6.45, 7) is 4.12. The molecule has 0 radical (unpaired) electrons. The van der Waals surface area contributed by atoms with Gasteiger partial charge < -0.3 is 33.5 Å². The van der Waals surface area contributed by atoms with Gasteiger partial charge in [0.15, 0.2) is 12.2 Å². The van der Waals surface area contributed by atoms with Gasteiger partial charge in [-0.15, -0.1) is 11.3 Å². The van der Waals surface area contributed by atoms with Crippen molar-refractivity contribution < 1.29 is 52.7 Å². The van der Waals surface area contributed by atoms with E-state index in [1.165, 1.54) is 43.6 Å². The predicted octanol–water partition coefficient (Wildman–Crippen LogP) is 3.80. The first-order valence-electron chi connectivity index (χ1n) is 11.9. The van der Waals surface area contributed by atoms with Crippen molar-refractivity contribution in [3.05, 3.63) is 55.1 Å². The maximum atomic E-state index is 12.3. The van der Waals surface area contributed by atoms with Gasteiger partial charge >= 0.3 is 23.9 Å². The van der Waals surface area contributed by atoms with Gasteiger partial charge in [-0.05, 0) is 40.2 Å². The quantitative estimate of drug-likeness (QED) is 0.309. The van der Waals surface area contributed by atoms with E-state index >= 15 is 0 Å². The third kappa shape index (κ3) is 7.20. The second kappa shape index (κ2) is 13.4. The van der Waals surface area contributed by atoms with Crippen molar-refractivity contribution in [3.63, 3.8) is 0 Å². The van der Waals surface area contributed by atoms with Crippen LogP contribution in [-0.2, 0) is 53.4 Å². The number of rotatable bonds is 9. The third-order valence-electron chi connectivity index (χ3n) is 5.90. The van der Waals surface area contributed by atoms with Crippen LogP contribution in [0.15, 0.2) is 34.1 Å². The number of hydrogen-bond acceptors (Lipinski definition) is 12. The molecule has 2 aromatic rings. The first-order valence-corrected chi connectivity index (χ1v) is 13.9. The molecule has 2 heterocycles.